The maximum absolute atomic E-state index is 12.5. The predicted octanol–water partition coefficient (Wildman–Crippen LogP) is 4.36. The zero-order valence-electron chi connectivity index (χ0n) is 13.4. The molecule has 134 valence electrons. The smallest absolute Gasteiger partial charge is 0.416 e. The van der Waals surface area contributed by atoms with Crippen LogP contribution in [0.2, 0.25) is 0 Å². The summed E-state index contributed by atoms with van der Waals surface area (Å²) in [5.74, 6) is -0.618. The zero-order valence-corrected chi connectivity index (χ0v) is 14.2. The van der Waals surface area contributed by atoms with Crippen molar-refractivity contribution in [3.05, 3.63) is 59.7 Å². The summed E-state index contributed by atoms with van der Waals surface area (Å²) in [7, 11) is 0. The van der Waals surface area contributed by atoms with Crippen LogP contribution in [0, 0.1) is 0 Å². The molecule has 1 aliphatic heterocycles. The predicted molar refractivity (Wildman–Crippen MR) is 92.5 cm³/mol. The lowest BCUT2D eigenvalue weighted by molar-refractivity contribution is -0.137. The molecule has 4 rings (SSSR count). The number of hydrogen-bond donors (Lipinski definition) is 0. The van der Waals surface area contributed by atoms with Crippen LogP contribution in [0.4, 0.5) is 18.3 Å². The first kappa shape index (κ1) is 16.8. The monoisotopic (exact) mass is 378 g/mol. The van der Waals surface area contributed by atoms with Crippen molar-refractivity contribution in [3.8, 4) is 0 Å². The van der Waals surface area contributed by atoms with Gasteiger partial charge in [-0.2, -0.15) is 13.2 Å². The molecule has 0 radical (unpaired) electrons. The summed E-state index contributed by atoms with van der Waals surface area (Å²) in [6, 6.07) is 11.8. The Balaban J connectivity index is 1.35. The second-order valence-electron chi connectivity index (χ2n) is 5.97. The first-order valence-corrected chi connectivity index (χ1v) is 8.70. The quantitative estimate of drug-likeness (QED) is 0.635. The number of anilines is 1. The SMILES string of the molecule is O=C(OC1CN(c2nc3ccccc3s2)C1)c1ccc(C(F)(F)F)cc1. The number of halogens is 3. The van der Waals surface area contributed by atoms with Crippen LogP contribution in [0.15, 0.2) is 48.5 Å². The molecule has 8 heteroatoms. The normalized spacial score (nSPS) is 15.1. The van der Waals surface area contributed by atoms with E-state index in [4.69, 9.17) is 4.74 Å². The minimum atomic E-state index is -4.42. The number of alkyl halides is 3. The number of hydrogen-bond acceptors (Lipinski definition) is 5. The van der Waals surface area contributed by atoms with Gasteiger partial charge in [-0.05, 0) is 36.4 Å². The van der Waals surface area contributed by atoms with Crippen LogP contribution in [0.25, 0.3) is 10.2 Å². The minimum absolute atomic E-state index is 0.108. The van der Waals surface area contributed by atoms with Gasteiger partial charge < -0.3 is 9.64 Å². The van der Waals surface area contributed by atoms with Crippen LogP contribution in [0.1, 0.15) is 15.9 Å². The number of aromatic nitrogens is 1. The van der Waals surface area contributed by atoms with Gasteiger partial charge in [-0.15, -0.1) is 0 Å². The molecule has 3 aromatic rings. The molecule has 4 nitrogen and oxygen atoms in total. The number of rotatable bonds is 3. The Labute approximate surface area is 150 Å². The van der Waals surface area contributed by atoms with E-state index >= 15 is 0 Å². The van der Waals surface area contributed by atoms with Gasteiger partial charge in [-0.3, -0.25) is 0 Å². The minimum Gasteiger partial charge on any atom is -0.455 e. The second-order valence-corrected chi connectivity index (χ2v) is 6.98. The van der Waals surface area contributed by atoms with E-state index in [1.54, 1.807) is 11.3 Å². The number of fused-ring (bicyclic) bond motifs is 1. The van der Waals surface area contributed by atoms with E-state index in [9.17, 15) is 18.0 Å². The molecule has 0 spiro atoms. The van der Waals surface area contributed by atoms with Crippen molar-refractivity contribution in [3.63, 3.8) is 0 Å². The van der Waals surface area contributed by atoms with Crippen molar-refractivity contribution in [2.24, 2.45) is 0 Å². The highest BCUT2D eigenvalue weighted by Crippen LogP contribution is 2.32. The van der Waals surface area contributed by atoms with Gasteiger partial charge in [0.1, 0.15) is 6.10 Å². The molecule has 2 aromatic carbocycles. The molecule has 1 aromatic heterocycles. The Kier molecular flexibility index (Phi) is 4.07. The summed E-state index contributed by atoms with van der Waals surface area (Å²) >= 11 is 1.57. The summed E-state index contributed by atoms with van der Waals surface area (Å²) in [6.45, 7) is 1.04. The van der Waals surface area contributed by atoms with Crippen LogP contribution in [0.3, 0.4) is 0 Å². The van der Waals surface area contributed by atoms with E-state index in [0.29, 0.717) is 13.1 Å². The zero-order chi connectivity index (χ0) is 18.3. The maximum atomic E-state index is 12.5. The summed E-state index contributed by atoms with van der Waals surface area (Å²) in [4.78, 5) is 18.6. The molecule has 1 aliphatic rings. The number of ether oxygens (including phenoxy) is 1. The highest BCUT2D eigenvalue weighted by atomic mass is 32.1. The first-order valence-electron chi connectivity index (χ1n) is 7.89. The van der Waals surface area contributed by atoms with Gasteiger partial charge in [0.15, 0.2) is 5.13 Å². The Morgan fingerprint density at radius 1 is 1.12 bits per heavy atom. The summed E-state index contributed by atoms with van der Waals surface area (Å²) in [6.07, 6.45) is -4.72. The van der Waals surface area contributed by atoms with Crippen molar-refractivity contribution in [1.82, 2.24) is 4.98 Å². The molecule has 0 N–H and O–H groups in total. The number of esters is 1. The van der Waals surface area contributed by atoms with E-state index in [0.717, 1.165) is 39.6 Å². The Bertz CT molecular complexity index is 914. The number of benzene rings is 2. The van der Waals surface area contributed by atoms with E-state index in [1.165, 1.54) is 0 Å². The van der Waals surface area contributed by atoms with Crippen molar-refractivity contribution in [2.45, 2.75) is 12.3 Å². The van der Waals surface area contributed by atoms with Gasteiger partial charge >= 0.3 is 12.1 Å². The summed E-state index contributed by atoms with van der Waals surface area (Å²) in [5, 5.41) is 0.869. The second kappa shape index (κ2) is 6.28. The molecule has 0 atom stereocenters. The van der Waals surface area contributed by atoms with Gasteiger partial charge in [0.25, 0.3) is 0 Å². The van der Waals surface area contributed by atoms with Crippen molar-refractivity contribution >= 4 is 32.7 Å². The Morgan fingerprint density at radius 2 is 1.81 bits per heavy atom. The van der Waals surface area contributed by atoms with Crippen LogP contribution in [-0.4, -0.2) is 30.1 Å². The lowest BCUT2D eigenvalue weighted by Gasteiger charge is -2.38. The fourth-order valence-electron chi connectivity index (χ4n) is 2.68. The third kappa shape index (κ3) is 3.24. The van der Waals surface area contributed by atoms with Crippen LogP contribution < -0.4 is 4.90 Å². The molecule has 1 fully saturated rings. The number of thiazole rings is 1. The highest BCUT2D eigenvalue weighted by molar-refractivity contribution is 7.22. The molecular formula is C18H13F3N2O2S. The molecule has 2 heterocycles. The third-order valence-corrected chi connectivity index (χ3v) is 5.22. The standard InChI is InChI=1S/C18H13F3N2O2S/c19-18(20,21)12-7-5-11(6-8-12)16(24)25-13-9-23(10-13)17-22-14-3-1-2-4-15(14)26-17/h1-8,13H,9-10H2. The molecule has 0 bridgehead atoms. The average Bonchev–Trinajstić information content (AvgIpc) is 3.00. The third-order valence-electron chi connectivity index (χ3n) is 4.12. The first-order chi connectivity index (χ1) is 12.4. The number of para-hydroxylation sites is 1. The lowest BCUT2D eigenvalue weighted by Crippen LogP contribution is -2.53. The molecule has 0 amide bonds. The number of nitrogens with zero attached hydrogens (tertiary/aromatic N) is 2. The molecule has 26 heavy (non-hydrogen) atoms. The molecule has 0 unspecified atom stereocenters. The maximum Gasteiger partial charge on any atom is 0.416 e. The van der Waals surface area contributed by atoms with Crippen LogP contribution >= 0.6 is 11.3 Å². The highest BCUT2D eigenvalue weighted by Gasteiger charge is 2.33. The van der Waals surface area contributed by atoms with Crippen LogP contribution in [-0.2, 0) is 10.9 Å². The molecule has 0 aliphatic carbocycles. The Hall–Kier alpha value is -2.61. The number of carbonyl (C=O) groups is 1. The topological polar surface area (TPSA) is 42.4 Å². The summed E-state index contributed by atoms with van der Waals surface area (Å²) in [5.41, 5.74) is 0.244. The van der Waals surface area contributed by atoms with Gasteiger partial charge in [-0.1, -0.05) is 23.5 Å². The van der Waals surface area contributed by atoms with Crippen molar-refractivity contribution in [1.29, 1.82) is 0 Å². The van der Waals surface area contributed by atoms with Gasteiger partial charge in [-0.25, -0.2) is 9.78 Å². The number of carbonyl (C=O) groups excluding carboxylic acids is 1. The largest absolute Gasteiger partial charge is 0.455 e. The van der Waals surface area contributed by atoms with E-state index in [-0.39, 0.29) is 11.7 Å². The van der Waals surface area contributed by atoms with Crippen LogP contribution in [0.5, 0.6) is 0 Å². The average molecular weight is 378 g/mol. The summed E-state index contributed by atoms with van der Waals surface area (Å²) < 4.78 is 44.1. The molecule has 0 saturated carbocycles. The molecule has 1 saturated heterocycles. The van der Waals surface area contributed by atoms with E-state index in [1.807, 2.05) is 29.2 Å². The van der Waals surface area contributed by atoms with Gasteiger partial charge in [0.05, 0.1) is 34.4 Å². The fraction of sp³-hybridized carbons (Fsp3) is 0.222. The van der Waals surface area contributed by atoms with Gasteiger partial charge in [0.2, 0.25) is 0 Å². The van der Waals surface area contributed by atoms with Crippen molar-refractivity contribution in [2.75, 3.05) is 18.0 Å². The molecular weight excluding hydrogens is 365 g/mol. The lowest BCUT2D eigenvalue weighted by atomic mass is 10.1. The van der Waals surface area contributed by atoms with E-state index in [2.05, 4.69) is 4.98 Å². The van der Waals surface area contributed by atoms with Gasteiger partial charge in [0, 0.05) is 0 Å². The fourth-order valence-corrected chi connectivity index (χ4v) is 3.66. The Morgan fingerprint density at radius 3 is 2.46 bits per heavy atom. The van der Waals surface area contributed by atoms with Crippen molar-refractivity contribution < 1.29 is 22.7 Å². The van der Waals surface area contributed by atoms with E-state index < -0.39 is 17.7 Å².